The third kappa shape index (κ3) is 7.26. The smallest absolute Gasteiger partial charge is 0.196 e. The minimum Gasteiger partial charge on any atom is -0.497 e. The molecular formula is C24H34O3. The lowest BCUT2D eigenvalue weighted by molar-refractivity contribution is -0.0654. The minimum absolute atomic E-state index is 0.272. The van der Waals surface area contributed by atoms with E-state index in [1.165, 1.54) is 24.0 Å². The fraction of sp³-hybridized carbons (Fsp3) is 0.500. The quantitative estimate of drug-likeness (QED) is 0.440. The van der Waals surface area contributed by atoms with Gasteiger partial charge in [-0.3, -0.25) is 0 Å². The Labute approximate surface area is 164 Å². The largest absolute Gasteiger partial charge is 0.497 e. The van der Waals surface area contributed by atoms with Gasteiger partial charge in [-0.05, 0) is 73.4 Å². The molecule has 0 bridgehead atoms. The maximum Gasteiger partial charge on any atom is 0.196 e. The number of methoxy groups -OCH3 is 1. The summed E-state index contributed by atoms with van der Waals surface area (Å²) in [6.45, 7) is 9.39. The SMILES string of the molecule is CCC(CC(C)C)c1ccc(OC(C)OCCc2ccc(OC)cc2)cc1. The molecule has 148 valence electrons. The van der Waals surface area contributed by atoms with Crippen molar-refractivity contribution >= 4 is 0 Å². The van der Waals surface area contributed by atoms with Gasteiger partial charge in [-0.25, -0.2) is 0 Å². The van der Waals surface area contributed by atoms with Gasteiger partial charge in [0.15, 0.2) is 6.29 Å². The Hall–Kier alpha value is -2.00. The van der Waals surface area contributed by atoms with Gasteiger partial charge in [0, 0.05) is 0 Å². The highest BCUT2D eigenvalue weighted by Crippen LogP contribution is 2.28. The highest BCUT2D eigenvalue weighted by molar-refractivity contribution is 5.29. The predicted octanol–water partition coefficient (Wildman–Crippen LogP) is 6.22. The molecule has 3 nitrogen and oxygen atoms in total. The van der Waals surface area contributed by atoms with E-state index < -0.39 is 0 Å². The molecule has 0 saturated heterocycles. The van der Waals surface area contributed by atoms with Crippen molar-refractivity contribution in [3.63, 3.8) is 0 Å². The number of ether oxygens (including phenoxy) is 3. The normalized spacial score (nSPS) is 13.4. The standard InChI is InChI=1S/C24H34O3/c1-6-21(17-18(2)3)22-9-13-24(14-10-22)27-19(4)26-16-15-20-7-11-23(25-5)12-8-20/h7-14,18-19,21H,6,15-17H2,1-5H3. The first-order valence-corrected chi connectivity index (χ1v) is 10.0. The highest BCUT2D eigenvalue weighted by atomic mass is 16.7. The second kappa shape index (κ2) is 11.0. The highest BCUT2D eigenvalue weighted by Gasteiger charge is 2.12. The summed E-state index contributed by atoms with van der Waals surface area (Å²) in [5, 5.41) is 0. The topological polar surface area (TPSA) is 27.7 Å². The molecular weight excluding hydrogens is 336 g/mol. The van der Waals surface area contributed by atoms with Gasteiger partial charge in [0.1, 0.15) is 11.5 Å². The van der Waals surface area contributed by atoms with E-state index in [0.717, 1.165) is 17.9 Å². The molecule has 0 aromatic heterocycles. The summed E-state index contributed by atoms with van der Waals surface area (Å²) in [5.74, 6) is 3.07. The van der Waals surface area contributed by atoms with Crippen LogP contribution in [0.5, 0.6) is 11.5 Å². The Bertz CT molecular complexity index is 646. The average molecular weight is 371 g/mol. The molecule has 0 aliphatic heterocycles. The molecule has 0 fully saturated rings. The van der Waals surface area contributed by atoms with Crippen LogP contribution >= 0.6 is 0 Å². The van der Waals surface area contributed by atoms with Crippen LogP contribution in [-0.2, 0) is 11.2 Å². The monoisotopic (exact) mass is 370 g/mol. The molecule has 0 N–H and O–H groups in total. The maximum atomic E-state index is 5.90. The van der Waals surface area contributed by atoms with E-state index in [1.54, 1.807) is 7.11 Å². The van der Waals surface area contributed by atoms with Crippen molar-refractivity contribution in [1.82, 2.24) is 0 Å². The van der Waals surface area contributed by atoms with Crippen molar-refractivity contribution in [3.05, 3.63) is 59.7 Å². The van der Waals surface area contributed by atoms with Crippen LogP contribution < -0.4 is 9.47 Å². The molecule has 3 heteroatoms. The molecule has 2 atom stereocenters. The third-order valence-corrected chi connectivity index (χ3v) is 4.80. The van der Waals surface area contributed by atoms with Gasteiger partial charge < -0.3 is 14.2 Å². The Morgan fingerprint density at radius 1 is 0.852 bits per heavy atom. The van der Waals surface area contributed by atoms with Gasteiger partial charge in [-0.2, -0.15) is 0 Å². The van der Waals surface area contributed by atoms with Gasteiger partial charge in [-0.1, -0.05) is 45.0 Å². The molecule has 27 heavy (non-hydrogen) atoms. The van der Waals surface area contributed by atoms with E-state index in [0.29, 0.717) is 18.4 Å². The van der Waals surface area contributed by atoms with Crippen LogP contribution in [0.4, 0.5) is 0 Å². The second-order valence-corrected chi connectivity index (χ2v) is 7.46. The van der Waals surface area contributed by atoms with Crippen LogP contribution in [0.1, 0.15) is 57.6 Å². The molecule has 2 rings (SSSR count). The molecule has 0 heterocycles. The van der Waals surface area contributed by atoms with E-state index in [9.17, 15) is 0 Å². The third-order valence-electron chi connectivity index (χ3n) is 4.80. The van der Waals surface area contributed by atoms with Gasteiger partial charge in [0.05, 0.1) is 13.7 Å². The minimum atomic E-state index is -0.272. The maximum absolute atomic E-state index is 5.90. The van der Waals surface area contributed by atoms with Crippen molar-refractivity contribution in [3.8, 4) is 11.5 Å². The number of benzene rings is 2. The van der Waals surface area contributed by atoms with Crippen molar-refractivity contribution in [1.29, 1.82) is 0 Å². The summed E-state index contributed by atoms with van der Waals surface area (Å²) in [5.41, 5.74) is 2.62. The zero-order valence-electron chi connectivity index (χ0n) is 17.4. The van der Waals surface area contributed by atoms with Gasteiger partial charge in [0.25, 0.3) is 0 Å². The van der Waals surface area contributed by atoms with Crippen LogP contribution in [-0.4, -0.2) is 20.0 Å². The molecule has 2 unspecified atom stereocenters. The fourth-order valence-electron chi connectivity index (χ4n) is 3.29. The molecule has 0 aliphatic carbocycles. The lowest BCUT2D eigenvalue weighted by Crippen LogP contribution is -2.17. The predicted molar refractivity (Wildman–Crippen MR) is 112 cm³/mol. The number of hydrogen-bond acceptors (Lipinski definition) is 3. The van der Waals surface area contributed by atoms with Crippen LogP contribution in [0, 0.1) is 5.92 Å². The summed E-state index contributed by atoms with van der Waals surface area (Å²) < 4.78 is 16.9. The molecule has 2 aromatic rings. The van der Waals surface area contributed by atoms with E-state index in [2.05, 4.69) is 57.2 Å². The van der Waals surface area contributed by atoms with Crippen LogP contribution in [0.3, 0.4) is 0 Å². The first kappa shape index (κ1) is 21.3. The Kier molecular flexibility index (Phi) is 8.66. The molecule has 0 saturated carbocycles. The summed E-state index contributed by atoms with van der Waals surface area (Å²) in [4.78, 5) is 0. The zero-order chi connectivity index (χ0) is 19.6. The van der Waals surface area contributed by atoms with Crippen LogP contribution in [0.15, 0.2) is 48.5 Å². The van der Waals surface area contributed by atoms with Gasteiger partial charge in [0.2, 0.25) is 0 Å². The molecule has 0 amide bonds. The first-order valence-electron chi connectivity index (χ1n) is 10.0. The molecule has 0 aliphatic rings. The van der Waals surface area contributed by atoms with Crippen molar-refractivity contribution < 1.29 is 14.2 Å². The van der Waals surface area contributed by atoms with E-state index >= 15 is 0 Å². The van der Waals surface area contributed by atoms with Crippen molar-refractivity contribution in [2.45, 2.75) is 59.2 Å². The number of hydrogen-bond donors (Lipinski definition) is 0. The van der Waals surface area contributed by atoms with Crippen LogP contribution in [0.25, 0.3) is 0 Å². The lowest BCUT2D eigenvalue weighted by Gasteiger charge is -2.19. The van der Waals surface area contributed by atoms with E-state index in [-0.39, 0.29) is 6.29 Å². The summed E-state index contributed by atoms with van der Waals surface area (Å²) in [6.07, 6.45) is 2.97. The molecule has 2 aromatic carbocycles. The lowest BCUT2D eigenvalue weighted by atomic mass is 9.88. The molecule has 0 radical (unpaired) electrons. The van der Waals surface area contributed by atoms with Gasteiger partial charge >= 0.3 is 0 Å². The summed E-state index contributed by atoms with van der Waals surface area (Å²) >= 11 is 0. The van der Waals surface area contributed by atoms with E-state index in [4.69, 9.17) is 14.2 Å². The molecule has 0 spiro atoms. The first-order chi connectivity index (χ1) is 13.0. The Balaban J connectivity index is 1.78. The second-order valence-electron chi connectivity index (χ2n) is 7.46. The Morgan fingerprint density at radius 2 is 1.48 bits per heavy atom. The van der Waals surface area contributed by atoms with Crippen molar-refractivity contribution in [2.24, 2.45) is 5.92 Å². The number of rotatable bonds is 11. The fourth-order valence-corrected chi connectivity index (χ4v) is 3.29. The summed E-state index contributed by atoms with van der Waals surface area (Å²) in [7, 11) is 1.68. The van der Waals surface area contributed by atoms with E-state index in [1.807, 2.05) is 19.1 Å². The Morgan fingerprint density at radius 3 is 2.04 bits per heavy atom. The van der Waals surface area contributed by atoms with Gasteiger partial charge in [-0.15, -0.1) is 0 Å². The van der Waals surface area contributed by atoms with Crippen LogP contribution in [0.2, 0.25) is 0 Å². The average Bonchev–Trinajstić information content (AvgIpc) is 2.67. The van der Waals surface area contributed by atoms with Crippen molar-refractivity contribution in [2.75, 3.05) is 13.7 Å². The zero-order valence-corrected chi connectivity index (χ0v) is 17.4. The summed E-state index contributed by atoms with van der Waals surface area (Å²) in [6, 6.07) is 16.6.